The molecule has 1 aliphatic heterocycles. The van der Waals surface area contributed by atoms with Gasteiger partial charge >= 0.3 is 0 Å². The van der Waals surface area contributed by atoms with E-state index in [1.807, 2.05) is 30.3 Å². The van der Waals surface area contributed by atoms with E-state index in [1.54, 1.807) is 0 Å². The van der Waals surface area contributed by atoms with Gasteiger partial charge in [-0.15, -0.1) is 12.4 Å². The lowest BCUT2D eigenvalue weighted by Gasteiger charge is -2.25. The van der Waals surface area contributed by atoms with Gasteiger partial charge in [0, 0.05) is 13.1 Å². The van der Waals surface area contributed by atoms with Crippen LogP contribution in [0.2, 0.25) is 0 Å². The molecule has 0 aliphatic carbocycles. The summed E-state index contributed by atoms with van der Waals surface area (Å²) in [5, 5.41) is 9.28. The van der Waals surface area contributed by atoms with Crippen molar-refractivity contribution < 1.29 is 0 Å². The Hall–Kier alpha value is -1.30. The topological polar surface area (TPSA) is 27.0 Å². The maximum absolute atomic E-state index is 9.28. The van der Waals surface area contributed by atoms with E-state index in [4.69, 9.17) is 0 Å². The standard InChI is InChI=1S/C14H16N2.ClH/c1-16-9-7-13(8-10-16)14(11-15)12-5-3-2-4-6-12;/h2-6H,7-10H2,1H3;1H. The summed E-state index contributed by atoms with van der Waals surface area (Å²) in [6, 6.07) is 12.4. The van der Waals surface area contributed by atoms with Crippen molar-refractivity contribution in [3.8, 4) is 6.07 Å². The fourth-order valence-electron chi connectivity index (χ4n) is 2.09. The van der Waals surface area contributed by atoms with Crippen molar-refractivity contribution in [3.05, 3.63) is 41.5 Å². The highest BCUT2D eigenvalue weighted by Gasteiger charge is 2.14. The third-order valence-corrected chi connectivity index (χ3v) is 3.12. The number of nitrogens with zero attached hydrogens (tertiary/aromatic N) is 2. The van der Waals surface area contributed by atoms with Crippen LogP contribution in [0.5, 0.6) is 0 Å². The molecule has 3 heteroatoms. The molecule has 2 nitrogen and oxygen atoms in total. The molecule has 0 bridgehead atoms. The third-order valence-electron chi connectivity index (χ3n) is 3.12. The maximum atomic E-state index is 9.28. The summed E-state index contributed by atoms with van der Waals surface area (Å²) in [5.74, 6) is 0. The van der Waals surface area contributed by atoms with E-state index in [1.165, 1.54) is 5.57 Å². The molecule has 1 fully saturated rings. The highest BCUT2D eigenvalue weighted by atomic mass is 35.5. The van der Waals surface area contributed by atoms with Crippen LogP contribution in [0.15, 0.2) is 35.9 Å². The molecule has 0 N–H and O–H groups in total. The minimum atomic E-state index is 0. The second kappa shape index (κ2) is 6.44. The molecular weight excluding hydrogens is 232 g/mol. The summed E-state index contributed by atoms with van der Waals surface area (Å²) < 4.78 is 0. The van der Waals surface area contributed by atoms with Gasteiger partial charge in [0.1, 0.15) is 0 Å². The zero-order valence-electron chi connectivity index (χ0n) is 10.0. The van der Waals surface area contributed by atoms with Crippen LogP contribution in [0.1, 0.15) is 18.4 Å². The molecule has 0 atom stereocenters. The Morgan fingerprint density at radius 2 is 1.76 bits per heavy atom. The van der Waals surface area contributed by atoms with Crippen molar-refractivity contribution in [3.63, 3.8) is 0 Å². The van der Waals surface area contributed by atoms with Crippen LogP contribution >= 0.6 is 12.4 Å². The number of halogens is 1. The van der Waals surface area contributed by atoms with Gasteiger partial charge in [0.2, 0.25) is 0 Å². The van der Waals surface area contributed by atoms with Crippen molar-refractivity contribution in [2.45, 2.75) is 12.8 Å². The molecule has 0 spiro atoms. The number of hydrogen-bond donors (Lipinski definition) is 0. The minimum Gasteiger partial charge on any atom is -0.306 e. The van der Waals surface area contributed by atoms with Gasteiger partial charge in [0.15, 0.2) is 0 Å². The smallest absolute Gasteiger partial charge is 0.0997 e. The molecule has 0 unspecified atom stereocenters. The summed E-state index contributed by atoms with van der Waals surface area (Å²) in [5.41, 5.74) is 3.25. The van der Waals surface area contributed by atoms with E-state index < -0.39 is 0 Å². The average Bonchev–Trinajstić information content (AvgIpc) is 2.34. The molecular formula is C14H17ClN2. The highest BCUT2D eigenvalue weighted by Crippen LogP contribution is 2.25. The number of nitriles is 1. The molecule has 17 heavy (non-hydrogen) atoms. The van der Waals surface area contributed by atoms with Crippen molar-refractivity contribution in [2.24, 2.45) is 0 Å². The maximum Gasteiger partial charge on any atom is 0.0997 e. The van der Waals surface area contributed by atoms with E-state index in [0.717, 1.165) is 37.1 Å². The average molecular weight is 249 g/mol. The normalized spacial score (nSPS) is 15.9. The lowest BCUT2D eigenvalue weighted by Crippen LogP contribution is -2.26. The molecule has 1 aromatic carbocycles. The monoisotopic (exact) mass is 248 g/mol. The fourth-order valence-corrected chi connectivity index (χ4v) is 2.09. The van der Waals surface area contributed by atoms with Gasteiger partial charge in [-0.2, -0.15) is 5.26 Å². The molecule has 1 aliphatic rings. The van der Waals surface area contributed by atoms with E-state index in [2.05, 4.69) is 18.0 Å². The number of likely N-dealkylation sites (tertiary alicyclic amines) is 1. The number of rotatable bonds is 1. The SMILES string of the molecule is CN1CCC(=C(C#N)c2ccccc2)CC1.Cl. The zero-order valence-corrected chi connectivity index (χ0v) is 10.8. The quantitative estimate of drug-likeness (QED) is 0.714. The van der Waals surface area contributed by atoms with Crippen molar-refractivity contribution >= 4 is 18.0 Å². The number of hydrogen-bond acceptors (Lipinski definition) is 2. The van der Waals surface area contributed by atoms with Crippen LogP contribution in [-0.2, 0) is 0 Å². The minimum absolute atomic E-state index is 0. The number of piperidine rings is 1. The van der Waals surface area contributed by atoms with Crippen LogP contribution in [-0.4, -0.2) is 25.0 Å². The molecule has 1 aromatic rings. The van der Waals surface area contributed by atoms with E-state index in [0.29, 0.717) is 0 Å². The summed E-state index contributed by atoms with van der Waals surface area (Å²) in [6.07, 6.45) is 2.04. The molecule has 0 radical (unpaired) electrons. The Morgan fingerprint density at radius 1 is 1.18 bits per heavy atom. The largest absolute Gasteiger partial charge is 0.306 e. The van der Waals surface area contributed by atoms with E-state index >= 15 is 0 Å². The predicted molar refractivity (Wildman–Crippen MR) is 73.0 cm³/mol. The van der Waals surface area contributed by atoms with Crippen LogP contribution in [0.25, 0.3) is 5.57 Å². The second-order valence-electron chi connectivity index (χ2n) is 4.26. The van der Waals surface area contributed by atoms with Gasteiger partial charge in [-0.05, 0) is 31.0 Å². The Balaban J connectivity index is 0.00000144. The van der Waals surface area contributed by atoms with Crippen molar-refractivity contribution in [1.82, 2.24) is 4.90 Å². The molecule has 2 rings (SSSR count). The van der Waals surface area contributed by atoms with Crippen LogP contribution in [0.4, 0.5) is 0 Å². The zero-order chi connectivity index (χ0) is 11.4. The van der Waals surface area contributed by atoms with Gasteiger partial charge in [0.25, 0.3) is 0 Å². The summed E-state index contributed by atoms with van der Waals surface area (Å²) in [4.78, 5) is 2.31. The van der Waals surface area contributed by atoms with Gasteiger partial charge in [-0.25, -0.2) is 0 Å². The molecule has 90 valence electrons. The molecule has 1 heterocycles. The van der Waals surface area contributed by atoms with Crippen LogP contribution < -0.4 is 0 Å². The van der Waals surface area contributed by atoms with Gasteiger partial charge in [0.05, 0.1) is 11.6 Å². The van der Waals surface area contributed by atoms with E-state index in [9.17, 15) is 5.26 Å². The van der Waals surface area contributed by atoms with Crippen LogP contribution in [0.3, 0.4) is 0 Å². The Bertz CT molecular complexity index is 421. The summed E-state index contributed by atoms with van der Waals surface area (Å²) in [7, 11) is 2.13. The molecule has 1 saturated heterocycles. The Kier molecular flexibility index (Phi) is 5.21. The molecule has 0 amide bonds. The lowest BCUT2D eigenvalue weighted by atomic mass is 9.94. The third kappa shape index (κ3) is 3.33. The van der Waals surface area contributed by atoms with Crippen molar-refractivity contribution in [1.29, 1.82) is 5.26 Å². The first-order valence-electron chi connectivity index (χ1n) is 5.67. The van der Waals surface area contributed by atoms with Gasteiger partial charge in [-0.1, -0.05) is 30.3 Å². The Labute approximate surface area is 109 Å². The van der Waals surface area contributed by atoms with Crippen molar-refractivity contribution in [2.75, 3.05) is 20.1 Å². The number of benzene rings is 1. The first kappa shape index (κ1) is 13.8. The summed E-state index contributed by atoms with van der Waals surface area (Å²) in [6.45, 7) is 2.13. The lowest BCUT2D eigenvalue weighted by molar-refractivity contribution is 0.313. The van der Waals surface area contributed by atoms with E-state index in [-0.39, 0.29) is 12.4 Å². The highest BCUT2D eigenvalue weighted by molar-refractivity contribution is 5.85. The summed E-state index contributed by atoms with van der Waals surface area (Å²) >= 11 is 0. The molecule has 0 aromatic heterocycles. The fraction of sp³-hybridized carbons (Fsp3) is 0.357. The first-order valence-corrected chi connectivity index (χ1v) is 5.67. The number of allylic oxidation sites excluding steroid dienone is 1. The van der Waals surface area contributed by atoms with Crippen LogP contribution in [0, 0.1) is 11.3 Å². The molecule has 0 saturated carbocycles. The second-order valence-corrected chi connectivity index (χ2v) is 4.26. The first-order chi connectivity index (χ1) is 7.81. The van der Waals surface area contributed by atoms with Gasteiger partial charge < -0.3 is 4.90 Å². The Morgan fingerprint density at radius 3 is 2.29 bits per heavy atom. The van der Waals surface area contributed by atoms with Gasteiger partial charge in [-0.3, -0.25) is 0 Å². The predicted octanol–water partition coefficient (Wildman–Crippen LogP) is 3.11.